The van der Waals surface area contributed by atoms with Crippen molar-refractivity contribution in [3.05, 3.63) is 5.82 Å². The Morgan fingerprint density at radius 1 is 1.50 bits per heavy atom. The van der Waals surface area contributed by atoms with Gasteiger partial charge in [0.15, 0.2) is 0 Å². The summed E-state index contributed by atoms with van der Waals surface area (Å²) in [5.74, 6) is 1.54. The predicted octanol–water partition coefficient (Wildman–Crippen LogP) is 0.155. The normalized spacial score (nSPS) is 9.25. The fourth-order valence-electron chi connectivity index (χ4n) is 0.459. The number of nitrogens with one attached hydrogen (secondary N) is 2. The average Bonchev–Trinajstić information content (AvgIpc) is 2.14. The van der Waals surface area contributed by atoms with Crippen molar-refractivity contribution < 1.29 is 0 Å². The number of aryl methyl sites for hydroxylation is 1. The molecule has 0 aliphatic rings. The Hall–Kier alpha value is -1.06. The molecule has 1 aromatic heterocycles. The molecule has 0 unspecified atom stereocenters. The molecule has 0 radical (unpaired) electrons. The molecule has 2 N–H and O–H groups in total. The van der Waals surface area contributed by atoms with Crippen LogP contribution in [0.15, 0.2) is 0 Å². The van der Waals surface area contributed by atoms with Crippen molar-refractivity contribution in [2.24, 2.45) is 0 Å². The third-order valence-corrected chi connectivity index (χ3v) is 0.836. The highest BCUT2D eigenvalue weighted by atomic mass is 15.3. The first kappa shape index (κ1) is 5.08. The van der Waals surface area contributed by atoms with Gasteiger partial charge in [0.2, 0.25) is 5.95 Å². The average molecular weight is 112 g/mol. The Balaban J connectivity index is 2.84. The van der Waals surface area contributed by atoms with Gasteiger partial charge < -0.3 is 10.3 Å². The number of anilines is 1. The quantitative estimate of drug-likeness (QED) is 0.544. The van der Waals surface area contributed by atoms with Crippen LogP contribution in [-0.2, 0) is 0 Å². The van der Waals surface area contributed by atoms with Gasteiger partial charge in [-0.3, -0.25) is 0 Å². The van der Waals surface area contributed by atoms with Crippen molar-refractivity contribution in [1.29, 1.82) is 0 Å². The van der Waals surface area contributed by atoms with Crippen LogP contribution in [0.25, 0.3) is 0 Å². The summed E-state index contributed by atoms with van der Waals surface area (Å²) in [6.07, 6.45) is 0. The van der Waals surface area contributed by atoms with Gasteiger partial charge in [-0.1, -0.05) is 0 Å². The second-order valence-electron chi connectivity index (χ2n) is 1.51. The Labute approximate surface area is 47.3 Å². The summed E-state index contributed by atoms with van der Waals surface area (Å²) in [6, 6.07) is 0. The molecule has 0 fully saturated rings. The van der Waals surface area contributed by atoms with Gasteiger partial charge in [0.25, 0.3) is 0 Å². The number of hydrogen-bond acceptors (Lipinski definition) is 3. The van der Waals surface area contributed by atoms with Crippen molar-refractivity contribution >= 4 is 5.95 Å². The van der Waals surface area contributed by atoms with Crippen molar-refractivity contribution in [2.75, 3.05) is 12.4 Å². The molecular formula is C4H8N4. The summed E-state index contributed by atoms with van der Waals surface area (Å²) in [5.41, 5.74) is 0. The van der Waals surface area contributed by atoms with Crippen molar-refractivity contribution in [2.45, 2.75) is 6.92 Å². The number of rotatable bonds is 1. The summed E-state index contributed by atoms with van der Waals surface area (Å²) >= 11 is 0. The lowest BCUT2D eigenvalue weighted by molar-refractivity contribution is 1.04. The molecule has 0 amide bonds. The lowest BCUT2D eigenvalue weighted by Crippen LogP contribution is -1.88. The number of H-pyrrole nitrogens is 1. The van der Waals surface area contributed by atoms with Crippen LogP contribution >= 0.6 is 0 Å². The molecule has 0 spiro atoms. The largest absolute Gasteiger partial charge is 0.358 e. The van der Waals surface area contributed by atoms with Crippen LogP contribution in [0.3, 0.4) is 0 Å². The van der Waals surface area contributed by atoms with E-state index in [9.17, 15) is 0 Å². The van der Waals surface area contributed by atoms with Crippen LogP contribution in [-0.4, -0.2) is 22.2 Å². The minimum absolute atomic E-state index is 0.711. The van der Waals surface area contributed by atoms with Crippen LogP contribution in [0, 0.1) is 6.92 Å². The topological polar surface area (TPSA) is 53.6 Å². The second-order valence-corrected chi connectivity index (χ2v) is 1.51. The zero-order valence-corrected chi connectivity index (χ0v) is 4.89. The molecule has 0 aromatic carbocycles. The molecule has 1 heterocycles. The lowest BCUT2D eigenvalue weighted by Gasteiger charge is -1.84. The van der Waals surface area contributed by atoms with E-state index in [2.05, 4.69) is 20.5 Å². The van der Waals surface area contributed by atoms with Crippen molar-refractivity contribution in [3.8, 4) is 0 Å². The molecule has 4 nitrogen and oxygen atoms in total. The molecular weight excluding hydrogens is 104 g/mol. The highest BCUT2D eigenvalue weighted by Gasteiger charge is 1.90. The zero-order valence-electron chi connectivity index (χ0n) is 4.89. The van der Waals surface area contributed by atoms with E-state index in [0.717, 1.165) is 5.82 Å². The van der Waals surface area contributed by atoms with Gasteiger partial charge in [-0.25, -0.2) is 0 Å². The highest BCUT2D eigenvalue weighted by Crippen LogP contribution is 1.92. The van der Waals surface area contributed by atoms with Crippen LogP contribution in [0.4, 0.5) is 5.95 Å². The minimum Gasteiger partial charge on any atom is -0.358 e. The Morgan fingerprint density at radius 2 is 2.25 bits per heavy atom. The van der Waals surface area contributed by atoms with E-state index < -0.39 is 0 Å². The molecule has 0 saturated heterocycles. The van der Waals surface area contributed by atoms with Gasteiger partial charge in [0, 0.05) is 7.05 Å². The van der Waals surface area contributed by atoms with Crippen molar-refractivity contribution in [1.82, 2.24) is 15.2 Å². The second kappa shape index (κ2) is 1.81. The van der Waals surface area contributed by atoms with Gasteiger partial charge in [0.1, 0.15) is 5.82 Å². The number of hydrogen-bond donors (Lipinski definition) is 2. The predicted molar refractivity (Wildman–Crippen MR) is 30.7 cm³/mol. The van der Waals surface area contributed by atoms with Gasteiger partial charge in [-0.05, 0) is 6.92 Å². The summed E-state index contributed by atoms with van der Waals surface area (Å²) in [5, 5.41) is 10.3. The van der Waals surface area contributed by atoms with E-state index in [0.29, 0.717) is 5.95 Å². The lowest BCUT2D eigenvalue weighted by atomic mass is 10.7. The molecule has 0 aliphatic carbocycles. The summed E-state index contributed by atoms with van der Waals surface area (Å²) in [6.45, 7) is 1.86. The first-order valence-corrected chi connectivity index (χ1v) is 2.40. The first-order valence-electron chi connectivity index (χ1n) is 2.40. The van der Waals surface area contributed by atoms with E-state index in [-0.39, 0.29) is 0 Å². The maximum Gasteiger partial charge on any atom is 0.221 e. The molecule has 4 heteroatoms. The van der Waals surface area contributed by atoms with Crippen LogP contribution < -0.4 is 5.32 Å². The maximum atomic E-state index is 3.72. The molecule has 0 bridgehead atoms. The minimum atomic E-state index is 0.711. The fraction of sp³-hybridized carbons (Fsp3) is 0.500. The number of aromatic nitrogens is 3. The SMILES string of the molecule is CNc1nnc(C)[nH]1. The van der Waals surface area contributed by atoms with Crippen LogP contribution in [0.1, 0.15) is 5.82 Å². The third-order valence-electron chi connectivity index (χ3n) is 0.836. The summed E-state index contributed by atoms with van der Waals surface area (Å²) in [7, 11) is 1.79. The van der Waals surface area contributed by atoms with Gasteiger partial charge >= 0.3 is 0 Å². The molecule has 0 saturated carbocycles. The van der Waals surface area contributed by atoms with Crippen molar-refractivity contribution in [3.63, 3.8) is 0 Å². The maximum absolute atomic E-state index is 3.72. The van der Waals surface area contributed by atoms with Crippen LogP contribution in [0.2, 0.25) is 0 Å². The van der Waals surface area contributed by atoms with E-state index in [1.807, 2.05) is 6.92 Å². The van der Waals surface area contributed by atoms with Gasteiger partial charge in [-0.2, -0.15) is 0 Å². The number of aromatic amines is 1. The van der Waals surface area contributed by atoms with E-state index >= 15 is 0 Å². The van der Waals surface area contributed by atoms with Crippen LogP contribution in [0.5, 0.6) is 0 Å². The zero-order chi connectivity index (χ0) is 5.98. The molecule has 0 atom stereocenters. The van der Waals surface area contributed by atoms with E-state index in [1.165, 1.54) is 0 Å². The summed E-state index contributed by atoms with van der Waals surface area (Å²) in [4.78, 5) is 2.89. The molecule has 1 rings (SSSR count). The smallest absolute Gasteiger partial charge is 0.221 e. The molecule has 44 valence electrons. The Kier molecular flexibility index (Phi) is 1.15. The Bertz CT molecular complexity index is 168. The first-order chi connectivity index (χ1) is 3.83. The number of nitrogens with zero attached hydrogens (tertiary/aromatic N) is 2. The molecule has 8 heavy (non-hydrogen) atoms. The van der Waals surface area contributed by atoms with E-state index in [1.54, 1.807) is 7.05 Å². The van der Waals surface area contributed by atoms with E-state index in [4.69, 9.17) is 0 Å². The Morgan fingerprint density at radius 3 is 2.50 bits per heavy atom. The van der Waals surface area contributed by atoms with Gasteiger partial charge in [-0.15, -0.1) is 10.2 Å². The highest BCUT2D eigenvalue weighted by molar-refractivity contribution is 5.19. The fourth-order valence-corrected chi connectivity index (χ4v) is 0.459. The molecule has 0 aliphatic heterocycles. The summed E-state index contributed by atoms with van der Waals surface area (Å²) < 4.78 is 0. The monoisotopic (exact) mass is 112 g/mol. The third kappa shape index (κ3) is 0.776. The van der Waals surface area contributed by atoms with Gasteiger partial charge in [0.05, 0.1) is 0 Å². The molecule has 1 aromatic rings. The standard InChI is InChI=1S/C4H8N4/c1-3-6-4(5-2)8-7-3/h1-2H3,(H2,5,6,7,8).